The van der Waals surface area contributed by atoms with Crippen LogP contribution in [0.3, 0.4) is 0 Å². The third kappa shape index (κ3) is 2.20. The third-order valence-electron chi connectivity index (χ3n) is 2.26. The Kier molecular flexibility index (Phi) is 2.82. The number of aromatic nitrogens is 5. The van der Waals surface area contributed by atoms with Crippen molar-refractivity contribution in [1.82, 2.24) is 24.7 Å². The molecule has 7 nitrogen and oxygen atoms in total. The highest BCUT2D eigenvalue weighted by Gasteiger charge is 2.26. The Labute approximate surface area is 104 Å². The predicted molar refractivity (Wildman–Crippen MR) is 62.6 cm³/mol. The zero-order valence-electron chi connectivity index (χ0n) is 10.3. The molecule has 2 aromatic rings. The van der Waals surface area contributed by atoms with Crippen molar-refractivity contribution in [2.24, 2.45) is 0 Å². The molecule has 0 fully saturated rings. The number of aromatic carboxylic acids is 1. The smallest absolute Gasteiger partial charge is 0.375 e. The first-order chi connectivity index (χ1) is 8.39. The van der Waals surface area contributed by atoms with E-state index in [2.05, 4.69) is 20.1 Å². The lowest BCUT2D eigenvalue weighted by atomic mass is 9.95. The summed E-state index contributed by atoms with van der Waals surface area (Å²) in [5, 5.41) is 12.9. The molecule has 0 aliphatic heterocycles. The molecule has 2 rings (SSSR count). The Balaban J connectivity index is 2.62. The van der Waals surface area contributed by atoms with Gasteiger partial charge in [0.1, 0.15) is 17.8 Å². The van der Waals surface area contributed by atoms with Gasteiger partial charge < -0.3 is 5.11 Å². The zero-order valence-corrected chi connectivity index (χ0v) is 10.3. The maximum absolute atomic E-state index is 11.0. The Hall–Kier alpha value is -2.31. The van der Waals surface area contributed by atoms with Crippen LogP contribution in [0, 0.1) is 0 Å². The summed E-state index contributed by atoms with van der Waals surface area (Å²) in [4.78, 5) is 22.8. The molecule has 0 aliphatic rings. The minimum atomic E-state index is -1.16. The van der Waals surface area contributed by atoms with Gasteiger partial charge in [0.2, 0.25) is 0 Å². The van der Waals surface area contributed by atoms with E-state index in [1.165, 1.54) is 11.0 Å². The van der Waals surface area contributed by atoms with Crippen molar-refractivity contribution >= 4 is 5.97 Å². The molecule has 0 unspecified atom stereocenters. The summed E-state index contributed by atoms with van der Waals surface area (Å²) >= 11 is 0. The summed E-state index contributed by atoms with van der Waals surface area (Å²) in [5.74, 6) is -0.838. The number of carboxylic acids is 1. The lowest BCUT2D eigenvalue weighted by Crippen LogP contribution is -2.19. The third-order valence-corrected chi connectivity index (χ3v) is 2.26. The highest BCUT2D eigenvalue weighted by Crippen LogP contribution is 2.22. The molecule has 0 spiro atoms. The number of hydrogen-bond acceptors (Lipinski definition) is 5. The lowest BCUT2D eigenvalue weighted by Gasteiger charge is -2.17. The summed E-state index contributed by atoms with van der Waals surface area (Å²) in [6.45, 7) is 5.80. The minimum absolute atomic E-state index is 0.233. The SMILES string of the molecule is CC(C)(C)c1nc(C(=O)O)nn1-c1cncnc1. The lowest BCUT2D eigenvalue weighted by molar-refractivity contribution is 0.0683. The van der Waals surface area contributed by atoms with Crippen LogP contribution in [0.1, 0.15) is 37.2 Å². The van der Waals surface area contributed by atoms with Gasteiger partial charge in [-0.25, -0.2) is 24.4 Å². The standard InChI is InChI=1S/C11H13N5O2/c1-11(2,3)10-14-8(9(17)18)15-16(10)7-4-12-6-13-5-7/h4-6H,1-3H3,(H,17,18). The first kappa shape index (κ1) is 12.2. The van der Waals surface area contributed by atoms with E-state index in [0.29, 0.717) is 11.5 Å². The highest BCUT2D eigenvalue weighted by molar-refractivity contribution is 5.83. The Bertz CT molecular complexity index is 571. The van der Waals surface area contributed by atoms with Crippen LogP contribution in [0.25, 0.3) is 5.69 Å². The van der Waals surface area contributed by atoms with Gasteiger partial charge >= 0.3 is 5.97 Å². The fourth-order valence-corrected chi connectivity index (χ4v) is 1.47. The van der Waals surface area contributed by atoms with Gasteiger partial charge in [-0.15, -0.1) is 5.10 Å². The maximum atomic E-state index is 11.0. The molecule has 94 valence electrons. The zero-order chi connectivity index (χ0) is 13.3. The van der Waals surface area contributed by atoms with E-state index in [0.717, 1.165) is 0 Å². The number of hydrogen-bond donors (Lipinski definition) is 1. The van der Waals surface area contributed by atoms with Crippen molar-refractivity contribution in [3.63, 3.8) is 0 Å². The first-order valence-corrected chi connectivity index (χ1v) is 5.36. The number of rotatable bonds is 2. The summed E-state index contributed by atoms with van der Waals surface area (Å²) in [5.41, 5.74) is 0.249. The Morgan fingerprint density at radius 2 is 1.89 bits per heavy atom. The highest BCUT2D eigenvalue weighted by atomic mass is 16.4. The second-order valence-corrected chi connectivity index (χ2v) is 4.82. The topological polar surface area (TPSA) is 93.8 Å². The van der Waals surface area contributed by atoms with Crippen molar-refractivity contribution in [3.05, 3.63) is 30.4 Å². The monoisotopic (exact) mass is 247 g/mol. The molecular formula is C11H13N5O2. The van der Waals surface area contributed by atoms with Gasteiger partial charge in [-0.05, 0) is 0 Å². The molecule has 0 aromatic carbocycles. The van der Waals surface area contributed by atoms with Gasteiger partial charge in [0.05, 0.1) is 12.4 Å². The summed E-state index contributed by atoms with van der Waals surface area (Å²) in [6.07, 6.45) is 4.51. The molecule has 0 saturated heterocycles. The molecular weight excluding hydrogens is 234 g/mol. The largest absolute Gasteiger partial charge is 0.475 e. The van der Waals surface area contributed by atoms with E-state index in [1.807, 2.05) is 20.8 Å². The molecule has 0 saturated carbocycles. The van der Waals surface area contributed by atoms with Gasteiger partial charge in [-0.1, -0.05) is 20.8 Å². The quantitative estimate of drug-likeness (QED) is 0.852. The average molecular weight is 247 g/mol. The van der Waals surface area contributed by atoms with Gasteiger partial charge in [0, 0.05) is 5.41 Å². The van der Waals surface area contributed by atoms with E-state index in [1.54, 1.807) is 12.4 Å². The van der Waals surface area contributed by atoms with Crippen molar-refractivity contribution in [1.29, 1.82) is 0 Å². The number of nitrogens with zero attached hydrogens (tertiary/aromatic N) is 5. The normalized spacial score (nSPS) is 11.5. The molecule has 0 aliphatic carbocycles. The number of carboxylic acid groups (broad SMARTS) is 1. The molecule has 2 heterocycles. The van der Waals surface area contributed by atoms with Crippen LogP contribution < -0.4 is 0 Å². The van der Waals surface area contributed by atoms with Gasteiger partial charge in [-0.2, -0.15) is 0 Å². The van der Waals surface area contributed by atoms with Crippen LogP contribution >= 0.6 is 0 Å². The first-order valence-electron chi connectivity index (χ1n) is 5.36. The Morgan fingerprint density at radius 1 is 1.28 bits per heavy atom. The molecule has 0 amide bonds. The van der Waals surface area contributed by atoms with E-state index in [4.69, 9.17) is 5.11 Å². The van der Waals surface area contributed by atoms with E-state index in [9.17, 15) is 4.79 Å². The summed E-state index contributed by atoms with van der Waals surface area (Å²) in [6, 6.07) is 0. The Morgan fingerprint density at radius 3 is 2.39 bits per heavy atom. The number of carbonyl (C=O) groups is 1. The van der Waals surface area contributed by atoms with Gasteiger partial charge in [0.25, 0.3) is 5.82 Å². The molecule has 7 heteroatoms. The maximum Gasteiger partial charge on any atom is 0.375 e. The van der Waals surface area contributed by atoms with E-state index >= 15 is 0 Å². The summed E-state index contributed by atoms with van der Waals surface area (Å²) < 4.78 is 1.46. The van der Waals surface area contributed by atoms with E-state index < -0.39 is 5.97 Å². The second kappa shape index (κ2) is 4.17. The predicted octanol–water partition coefficient (Wildman–Crippen LogP) is 1.05. The fourth-order valence-electron chi connectivity index (χ4n) is 1.47. The van der Waals surface area contributed by atoms with Crippen molar-refractivity contribution in [2.75, 3.05) is 0 Å². The minimum Gasteiger partial charge on any atom is -0.475 e. The molecule has 0 atom stereocenters. The summed E-state index contributed by atoms with van der Waals surface area (Å²) in [7, 11) is 0. The van der Waals surface area contributed by atoms with Crippen molar-refractivity contribution in [2.45, 2.75) is 26.2 Å². The average Bonchev–Trinajstić information content (AvgIpc) is 2.74. The van der Waals surface area contributed by atoms with Crippen molar-refractivity contribution in [3.8, 4) is 5.69 Å². The van der Waals surface area contributed by atoms with Crippen LogP contribution in [-0.2, 0) is 5.41 Å². The molecule has 0 bridgehead atoms. The molecule has 18 heavy (non-hydrogen) atoms. The van der Waals surface area contributed by atoms with Crippen LogP contribution in [0.4, 0.5) is 0 Å². The van der Waals surface area contributed by atoms with Crippen LogP contribution in [0.5, 0.6) is 0 Å². The second-order valence-electron chi connectivity index (χ2n) is 4.82. The molecule has 1 N–H and O–H groups in total. The van der Waals surface area contributed by atoms with E-state index in [-0.39, 0.29) is 11.2 Å². The molecule has 0 radical (unpaired) electrons. The molecule has 2 aromatic heterocycles. The van der Waals surface area contributed by atoms with Crippen LogP contribution in [-0.4, -0.2) is 35.8 Å². The fraction of sp³-hybridized carbons (Fsp3) is 0.364. The van der Waals surface area contributed by atoms with Gasteiger partial charge in [-0.3, -0.25) is 0 Å². The van der Waals surface area contributed by atoms with Crippen LogP contribution in [0.15, 0.2) is 18.7 Å². The van der Waals surface area contributed by atoms with Crippen molar-refractivity contribution < 1.29 is 9.90 Å². The van der Waals surface area contributed by atoms with Crippen LogP contribution in [0.2, 0.25) is 0 Å². The van der Waals surface area contributed by atoms with Gasteiger partial charge in [0.15, 0.2) is 0 Å².